The number of imide groups is 1. The maximum Gasteiger partial charge on any atom is 0.322 e. The Bertz CT molecular complexity index is 706. The monoisotopic (exact) mass is 414 g/mol. The summed E-state index contributed by atoms with van der Waals surface area (Å²) in [5, 5.41) is 5.69. The van der Waals surface area contributed by atoms with Crippen LogP contribution < -0.4 is 15.5 Å². The van der Waals surface area contributed by atoms with E-state index in [9.17, 15) is 14.4 Å². The van der Waals surface area contributed by atoms with Crippen molar-refractivity contribution in [3.63, 3.8) is 0 Å². The highest BCUT2D eigenvalue weighted by atomic mass is 35.5. The van der Waals surface area contributed by atoms with Crippen molar-refractivity contribution < 1.29 is 14.4 Å². The summed E-state index contributed by atoms with van der Waals surface area (Å²) in [5.41, 5.74) is 0.979. The van der Waals surface area contributed by atoms with Crippen LogP contribution in [-0.4, -0.2) is 55.0 Å². The number of benzene rings is 1. The molecule has 0 spiro atoms. The van der Waals surface area contributed by atoms with Crippen molar-refractivity contribution in [2.45, 2.75) is 32.7 Å². The molecule has 2 heterocycles. The fraction of sp³-hybridized carbons (Fsp3) is 0.500. The second kappa shape index (κ2) is 9.80. The van der Waals surface area contributed by atoms with Gasteiger partial charge in [-0.1, -0.05) is 37.0 Å². The average molecular weight is 415 g/mol. The van der Waals surface area contributed by atoms with Gasteiger partial charge in [0.05, 0.1) is 10.0 Å². The predicted octanol–water partition coefficient (Wildman–Crippen LogP) is 2.66. The van der Waals surface area contributed by atoms with Gasteiger partial charge in [0.15, 0.2) is 0 Å². The minimum absolute atomic E-state index is 0.0114. The molecule has 0 aromatic heterocycles. The smallest absolute Gasteiger partial charge is 0.322 e. The molecular weight excluding hydrogens is 391 g/mol. The van der Waals surface area contributed by atoms with Crippen LogP contribution in [-0.2, 0) is 9.59 Å². The van der Waals surface area contributed by atoms with Gasteiger partial charge in [-0.2, -0.15) is 0 Å². The predicted molar refractivity (Wildman–Crippen MR) is 106 cm³/mol. The number of nitrogens with zero attached hydrogens (tertiary/aromatic N) is 2. The van der Waals surface area contributed by atoms with Gasteiger partial charge >= 0.3 is 6.03 Å². The van der Waals surface area contributed by atoms with E-state index < -0.39 is 12.1 Å². The minimum atomic E-state index is -0.617. The molecule has 1 aromatic rings. The molecular formula is C18H24Cl2N4O3. The van der Waals surface area contributed by atoms with Gasteiger partial charge in [0, 0.05) is 38.3 Å². The number of halogens is 2. The number of carbonyl (C=O) groups is 3. The lowest BCUT2D eigenvalue weighted by Crippen LogP contribution is -2.49. The number of hydrogen-bond acceptors (Lipinski definition) is 4. The fourth-order valence-corrected chi connectivity index (χ4v) is 3.28. The summed E-state index contributed by atoms with van der Waals surface area (Å²) in [5.74, 6) is -0.384. The summed E-state index contributed by atoms with van der Waals surface area (Å²) >= 11 is 12.0. The van der Waals surface area contributed by atoms with Crippen molar-refractivity contribution in [1.29, 1.82) is 0 Å². The Morgan fingerprint density at radius 2 is 1.78 bits per heavy atom. The molecule has 2 aliphatic heterocycles. The van der Waals surface area contributed by atoms with E-state index in [1.165, 1.54) is 0 Å². The van der Waals surface area contributed by atoms with E-state index in [1.54, 1.807) is 11.0 Å². The molecule has 0 unspecified atom stereocenters. The molecule has 2 N–H and O–H groups in total. The molecule has 2 saturated heterocycles. The Morgan fingerprint density at radius 3 is 2.33 bits per heavy atom. The quantitative estimate of drug-likeness (QED) is 0.741. The van der Waals surface area contributed by atoms with Gasteiger partial charge in [0.1, 0.15) is 6.04 Å². The van der Waals surface area contributed by atoms with Gasteiger partial charge in [-0.3, -0.25) is 14.9 Å². The highest BCUT2D eigenvalue weighted by Gasteiger charge is 2.30. The minimum Gasteiger partial charge on any atom is -0.368 e. The number of nitrogens with one attached hydrogen (secondary N) is 2. The normalized spacial score (nSPS) is 19.2. The molecule has 3 rings (SSSR count). The molecule has 27 heavy (non-hydrogen) atoms. The molecule has 7 nitrogen and oxygen atoms in total. The Kier molecular flexibility index (Phi) is 7.74. The van der Waals surface area contributed by atoms with Crippen LogP contribution in [0, 0.1) is 0 Å². The first kappa shape index (κ1) is 21.3. The van der Waals surface area contributed by atoms with Crippen LogP contribution in [0.25, 0.3) is 0 Å². The van der Waals surface area contributed by atoms with Crippen molar-refractivity contribution >= 4 is 46.7 Å². The van der Waals surface area contributed by atoms with Gasteiger partial charge in [-0.05, 0) is 24.6 Å². The van der Waals surface area contributed by atoms with Gasteiger partial charge < -0.3 is 15.1 Å². The summed E-state index contributed by atoms with van der Waals surface area (Å²) in [6, 6.07) is 4.37. The average Bonchev–Trinajstić information content (AvgIpc) is 3.01. The van der Waals surface area contributed by atoms with Crippen LogP contribution in [0.5, 0.6) is 0 Å². The summed E-state index contributed by atoms with van der Waals surface area (Å²) in [6.45, 7) is 6.60. The second-order valence-corrected chi connectivity index (χ2v) is 6.83. The van der Waals surface area contributed by atoms with Gasteiger partial charge in [-0.25, -0.2) is 4.79 Å². The zero-order chi connectivity index (χ0) is 20.0. The Morgan fingerprint density at radius 1 is 1.11 bits per heavy atom. The van der Waals surface area contributed by atoms with Crippen molar-refractivity contribution in [3.8, 4) is 0 Å². The van der Waals surface area contributed by atoms with Crippen LogP contribution in [0.15, 0.2) is 18.2 Å². The molecule has 148 valence electrons. The van der Waals surface area contributed by atoms with E-state index in [2.05, 4.69) is 15.5 Å². The number of amides is 4. The number of urea groups is 1. The lowest BCUT2D eigenvalue weighted by Gasteiger charge is -2.36. The van der Waals surface area contributed by atoms with Crippen LogP contribution in [0.1, 0.15) is 26.7 Å². The molecule has 0 aliphatic carbocycles. The van der Waals surface area contributed by atoms with Crippen LogP contribution in [0.3, 0.4) is 0 Å². The maximum atomic E-state index is 12.3. The number of hydrogen-bond donors (Lipinski definition) is 2. The zero-order valence-electron chi connectivity index (χ0n) is 15.4. The molecule has 0 saturated carbocycles. The van der Waals surface area contributed by atoms with E-state index in [4.69, 9.17) is 23.2 Å². The molecule has 1 aromatic carbocycles. The van der Waals surface area contributed by atoms with E-state index >= 15 is 0 Å². The standard InChI is InChI=1S/C16H18Cl2N4O3.C2H6/c17-11-2-1-10(9-12(11)18)21-5-7-22(8-6-21)14(23)4-3-13-15(24)20-16(25)19-13;1-2/h1-2,9,13H,3-8H2,(H2,19,20,24,25);1-2H3/t13-;/m1./s1. The number of rotatable bonds is 4. The molecule has 2 aliphatic rings. The number of anilines is 1. The van der Waals surface area contributed by atoms with Crippen molar-refractivity contribution in [3.05, 3.63) is 28.2 Å². The summed E-state index contributed by atoms with van der Waals surface area (Å²) in [6.07, 6.45) is 0.536. The Labute approximate surface area is 169 Å². The molecule has 4 amide bonds. The first-order chi connectivity index (χ1) is 12.9. The van der Waals surface area contributed by atoms with E-state index in [1.807, 2.05) is 26.0 Å². The Hall–Kier alpha value is -1.99. The lowest BCUT2D eigenvalue weighted by atomic mass is 10.1. The zero-order valence-corrected chi connectivity index (χ0v) is 16.9. The van der Waals surface area contributed by atoms with Crippen molar-refractivity contribution in [1.82, 2.24) is 15.5 Å². The highest BCUT2D eigenvalue weighted by molar-refractivity contribution is 6.42. The van der Waals surface area contributed by atoms with E-state index in [0.717, 1.165) is 5.69 Å². The summed E-state index contributed by atoms with van der Waals surface area (Å²) < 4.78 is 0. The second-order valence-electron chi connectivity index (χ2n) is 6.02. The third-order valence-corrected chi connectivity index (χ3v) is 5.15. The largest absolute Gasteiger partial charge is 0.368 e. The van der Waals surface area contributed by atoms with E-state index in [0.29, 0.717) is 42.6 Å². The molecule has 9 heteroatoms. The van der Waals surface area contributed by atoms with Crippen molar-refractivity contribution in [2.75, 3.05) is 31.1 Å². The topological polar surface area (TPSA) is 81.8 Å². The first-order valence-electron chi connectivity index (χ1n) is 9.03. The van der Waals surface area contributed by atoms with Gasteiger partial charge in [0.25, 0.3) is 5.91 Å². The molecule has 1 atom stereocenters. The third kappa shape index (κ3) is 5.49. The lowest BCUT2D eigenvalue weighted by molar-refractivity contribution is -0.131. The highest BCUT2D eigenvalue weighted by Crippen LogP contribution is 2.27. The number of piperazine rings is 1. The molecule has 0 bridgehead atoms. The first-order valence-corrected chi connectivity index (χ1v) is 9.79. The SMILES string of the molecule is CC.O=C1NC(=O)[C@@H](CCC(=O)N2CCN(c3ccc(Cl)c(Cl)c3)CC2)N1. The molecule has 2 fully saturated rings. The van der Waals surface area contributed by atoms with Gasteiger partial charge in [-0.15, -0.1) is 0 Å². The van der Waals surface area contributed by atoms with E-state index in [-0.39, 0.29) is 18.2 Å². The Balaban J connectivity index is 0.00000126. The van der Waals surface area contributed by atoms with Gasteiger partial charge in [0.2, 0.25) is 5.91 Å². The van der Waals surface area contributed by atoms with Crippen molar-refractivity contribution in [2.24, 2.45) is 0 Å². The third-order valence-electron chi connectivity index (χ3n) is 4.41. The summed E-state index contributed by atoms with van der Waals surface area (Å²) in [4.78, 5) is 38.8. The molecule has 0 radical (unpaired) electrons. The van der Waals surface area contributed by atoms with Crippen LogP contribution >= 0.6 is 23.2 Å². The van der Waals surface area contributed by atoms with Crippen LogP contribution in [0.4, 0.5) is 10.5 Å². The number of carbonyl (C=O) groups excluding carboxylic acids is 3. The fourth-order valence-electron chi connectivity index (χ4n) is 2.98. The summed E-state index contributed by atoms with van der Waals surface area (Å²) in [7, 11) is 0. The van der Waals surface area contributed by atoms with Crippen LogP contribution in [0.2, 0.25) is 10.0 Å². The maximum absolute atomic E-state index is 12.3.